The minimum absolute atomic E-state index is 0.152. The molecule has 0 atom stereocenters. The van der Waals surface area contributed by atoms with Gasteiger partial charge >= 0.3 is 0 Å². The first-order valence-electron chi connectivity index (χ1n) is 3.72. The fraction of sp³-hybridized carbons (Fsp3) is 0.125. The molecule has 76 valence electrons. The molecule has 1 rings (SSSR count). The maximum atomic E-state index is 10.8. The molecule has 1 aromatic carbocycles. The zero-order valence-corrected chi connectivity index (χ0v) is 8.26. The van der Waals surface area contributed by atoms with E-state index in [4.69, 9.17) is 5.41 Å². The van der Waals surface area contributed by atoms with Gasteiger partial charge < -0.3 is 10.5 Å². The summed E-state index contributed by atoms with van der Waals surface area (Å²) in [5.41, 5.74) is 0.434. The third-order valence-corrected chi connectivity index (χ3v) is 2.03. The van der Waals surface area contributed by atoms with Crippen LogP contribution in [0.25, 0.3) is 0 Å². The molecule has 5 nitrogen and oxygen atoms in total. The van der Waals surface area contributed by atoms with Crippen molar-refractivity contribution >= 4 is 21.6 Å². The second-order valence-electron chi connectivity index (χ2n) is 2.78. The first-order valence-corrected chi connectivity index (χ1v) is 5.61. The number of hydrogen-bond donors (Lipinski definition) is 2. The Bertz CT molecular complexity index is 453. The zero-order valence-electron chi connectivity index (χ0n) is 7.44. The molecule has 0 unspecified atom stereocenters. The van der Waals surface area contributed by atoms with Gasteiger partial charge in [-0.3, -0.25) is 4.72 Å². The van der Waals surface area contributed by atoms with Crippen molar-refractivity contribution in [2.75, 3.05) is 11.0 Å². The lowest BCUT2D eigenvalue weighted by molar-refractivity contribution is -0.214. The van der Waals surface area contributed by atoms with E-state index in [-0.39, 0.29) is 11.3 Å². The van der Waals surface area contributed by atoms with Crippen LogP contribution >= 0.6 is 0 Å². The Kier molecular flexibility index (Phi) is 2.76. The number of sulfonamides is 1. The Morgan fingerprint density at radius 3 is 2.64 bits per heavy atom. The largest absolute Gasteiger partial charge is 0.859 e. The van der Waals surface area contributed by atoms with E-state index in [9.17, 15) is 13.5 Å². The summed E-state index contributed by atoms with van der Waals surface area (Å²) in [4.78, 5) is 0. The maximum absolute atomic E-state index is 10.8. The van der Waals surface area contributed by atoms with E-state index in [1.165, 1.54) is 24.3 Å². The topological polar surface area (TPSA) is 93.1 Å². The quantitative estimate of drug-likeness (QED) is 0.535. The highest BCUT2D eigenvalue weighted by Crippen LogP contribution is 2.10. The molecule has 0 spiro atoms. The number of rotatable bonds is 3. The first kappa shape index (κ1) is 10.5. The van der Waals surface area contributed by atoms with Crippen LogP contribution in [-0.4, -0.2) is 20.6 Å². The Labute approximate surface area is 82.0 Å². The fourth-order valence-electron chi connectivity index (χ4n) is 0.938. The molecule has 0 amide bonds. The van der Waals surface area contributed by atoms with Crippen molar-refractivity contribution in [1.82, 2.24) is 0 Å². The average molecular weight is 213 g/mol. The summed E-state index contributed by atoms with van der Waals surface area (Å²) < 4.78 is 23.9. The second-order valence-corrected chi connectivity index (χ2v) is 4.53. The minimum Gasteiger partial charge on any atom is -0.859 e. The maximum Gasteiger partial charge on any atom is 0.229 e. The van der Waals surface area contributed by atoms with Crippen LogP contribution in [0.2, 0.25) is 0 Å². The Balaban J connectivity index is 3.01. The summed E-state index contributed by atoms with van der Waals surface area (Å²) in [6.07, 6.45) is 1.02. The van der Waals surface area contributed by atoms with Crippen molar-refractivity contribution in [2.45, 2.75) is 0 Å². The summed E-state index contributed by atoms with van der Waals surface area (Å²) in [6.45, 7) is 0. The van der Waals surface area contributed by atoms with Gasteiger partial charge in [-0.15, -0.1) is 0 Å². The van der Waals surface area contributed by atoms with Crippen LogP contribution in [0, 0.1) is 5.41 Å². The SMILES string of the molecule is CS(=O)(=O)Nc1cccc(C(=N)[O-])c1. The third-order valence-electron chi connectivity index (χ3n) is 1.43. The van der Waals surface area contributed by atoms with Crippen LogP contribution in [0.3, 0.4) is 0 Å². The van der Waals surface area contributed by atoms with Gasteiger partial charge in [-0.1, -0.05) is 12.1 Å². The lowest BCUT2D eigenvalue weighted by Crippen LogP contribution is -2.17. The molecule has 0 fully saturated rings. The first-order chi connectivity index (χ1) is 6.38. The standard InChI is InChI=1S/C8H10N2O3S/c1-14(12,13)10-7-4-2-3-6(5-7)8(9)11/h2-5,10H,1H3,(H2,9,11)/p-1. The Morgan fingerprint density at radius 1 is 1.50 bits per heavy atom. The molecule has 0 aliphatic carbocycles. The number of anilines is 1. The van der Waals surface area contributed by atoms with Crippen molar-refractivity contribution in [3.8, 4) is 0 Å². The summed E-state index contributed by atoms with van der Waals surface area (Å²) in [5.74, 6) is -0.845. The summed E-state index contributed by atoms with van der Waals surface area (Å²) >= 11 is 0. The van der Waals surface area contributed by atoms with E-state index in [0.717, 1.165) is 6.26 Å². The van der Waals surface area contributed by atoms with Gasteiger partial charge in [-0.25, -0.2) is 8.42 Å². The lowest BCUT2D eigenvalue weighted by atomic mass is 10.2. The van der Waals surface area contributed by atoms with Crippen molar-refractivity contribution in [3.63, 3.8) is 0 Å². The van der Waals surface area contributed by atoms with Crippen molar-refractivity contribution in [1.29, 1.82) is 5.41 Å². The second kappa shape index (κ2) is 3.67. The zero-order chi connectivity index (χ0) is 10.8. The minimum atomic E-state index is -3.34. The van der Waals surface area contributed by atoms with Crippen molar-refractivity contribution in [3.05, 3.63) is 29.8 Å². The predicted octanol–water partition coefficient (Wildman–Crippen LogP) is -0.256. The van der Waals surface area contributed by atoms with E-state index in [1.54, 1.807) is 0 Å². The number of benzene rings is 1. The highest BCUT2D eigenvalue weighted by molar-refractivity contribution is 7.92. The molecule has 0 saturated heterocycles. The highest BCUT2D eigenvalue weighted by Gasteiger charge is 2.01. The van der Waals surface area contributed by atoms with Crippen LogP contribution in [0.15, 0.2) is 24.3 Å². The highest BCUT2D eigenvalue weighted by atomic mass is 32.2. The molecule has 0 radical (unpaired) electrons. The molecule has 6 heteroatoms. The Hall–Kier alpha value is -1.56. The molecule has 0 saturated carbocycles. The van der Waals surface area contributed by atoms with Crippen LogP contribution < -0.4 is 9.83 Å². The third kappa shape index (κ3) is 3.06. The molecular formula is C8H9N2O3S-. The normalized spacial score (nSPS) is 10.9. The van der Waals surface area contributed by atoms with Crippen molar-refractivity contribution < 1.29 is 13.5 Å². The van der Waals surface area contributed by atoms with Gasteiger partial charge in [-0.05, 0) is 23.6 Å². The van der Waals surface area contributed by atoms with E-state index >= 15 is 0 Å². The van der Waals surface area contributed by atoms with Crippen LogP contribution in [0.4, 0.5) is 5.69 Å². The van der Waals surface area contributed by atoms with Crippen LogP contribution in [0.1, 0.15) is 5.56 Å². The van der Waals surface area contributed by atoms with Gasteiger partial charge in [-0.2, -0.15) is 0 Å². The van der Waals surface area contributed by atoms with Crippen LogP contribution in [-0.2, 0) is 10.0 Å². The molecule has 0 aliphatic rings. The van der Waals surface area contributed by atoms with E-state index in [1.807, 2.05) is 0 Å². The van der Waals surface area contributed by atoms with Gasteiger partial charge in [0.05, 0.1) is 6.26 Å². The average Bonchev–Trinajstić information content (AvgIpc) is 2.01. The molecule has 0 bridgehead atoms. The molecule has 1 aromatic rings. The van der Waals surface area contributed by atoms with E-state index in [0.29, 0.717) is 0 Å². The monoisotopic (exact) mass is 213 g/mol. The van der Waals surface area contributed by atoms with Gasteiger partial charge in [0, 0.05) is 5.69 Å². The number of nitrogens with one attached hydrogen (secondary N) is 2. The molecule has 14 heavy (non-hydrogen) atoms. The fourth-order valence-corrected chi connectivity index (χ4v) is 1.49. The van der Waals surface area contributed by atoms with E-state index in [2.05, 4.69) is 4.72 Å². The van der Waals surface area contributed by atoms with Gasteiger partial charge in [0.15, 0.2) is 0 Å². The molecule has 0 heterocycles. The van der Waals surface area contributed by atoms with E-state index < -0.39 is 15.9 Å². The molecule has 2 N–H and O–H groups in total. The van der Waals surface area contributed by atoms with Crippen LogP contribution in [0.5, 0.6) is 0 Å². The van der Waals surface area contributed by atoms with Crippen molar-refractivity contribution in [2.24, 2.45) is 0 Å². The van der Waals surface area contributed by atoms with Gasteiger partial charge in [0.2, 0.25) is 10.0 Å². The smallest absolute Gasteiger partial charge is 0.229 e. The lowest BCUT2D eigenvalue weighted by Gasteiger charge is -2.09. The molecule has 0 aliphatic heterocycles. The Morgan fingerprint density at radius 2 is 2.14 bits per heavy atom. The van der Waals surface area contributed by atoms with Gasteiger partial charge in [0.25, 0.3) is 0 Å². The summed E-state index contributed by atoms with van der Waals surface area (Å²) in [6, 6.07) is 5.78. The molecule has 0 aromatic heterocycles. The number of hydrogen-bond acceptors (Lipinski definition) is 4. The summed E-state index contributed by atoms with van der Waals surface area (Å²) in [7, 11) is -3.34. The summed E-state index contributed by atoms with van der Waals surface area (Å²) in [5, 5.41) is 17.5. The molecular weight excluding hydrogens is 204 g/mol. The van der Waals surface area contributed by atoms with Gasteiger partial charge in [0.1, 0.15) is 0 Å². The predicted molar refractivity (Wildman–Crippen MR) is 51.7 cm³/mol.